The van der Waals surface area contributed by atoms with Crippen LogP contribution >= 0.6 is 0 Å². The van der Waals surface area contributed by atoms with Crippen LogP contribution in [-0.2, 0) is 11.2 Å². The van der Waals surface area contributed by atoms with E-state index in [-0.39, 0.29) is 5.91 Å². The summed E-state index contributed by atoms with van der Waals surface area (Å²) >= 11 is 0. The summed E-state index contributed by atoms with van der Waals surface area (Å²) in [5, 5.41) is 5.22. The van der Waals surface area contributed by atoms with Gasteiger partial charge in [-0.05, 0) is 64.9 Å². The standard InChI is InChI=1S/C25H21NO3/c1-28-22-11-6-18(7-12-22)16-25(27)26-21-9-14-23(15-10-21)29-24-13-8-19-4-2-3-5-20(19)17-24/h2-15,17H,16H2,1H3,(H,26,27). The number of ether oxygens (including phenoxy) is 2. The summed E-state index contributed by atoms with van der Waals surface area (Å²) < 4.78 is 11.1. The predicted molar refractivity (Wildman–Crippen MR) is 116 cm³/mol. The van der Waals surface area contributed by atoms with Gasteiger partial charge in [0, 0.05) is 5.69 Å². The van der Waals surface area contributed by atoms with Crippen molar-refractivity contribution in [2.45, 2.75) is 6.42 Å². The molecular weight excluding hydrogens is 362 g/mol. The first-order valence-electron chi connectivity index (χ1n) is 9.39. The number of methoxy groups -OCH3 is 1. The van der Waals surface area contributed by atoms with Crippen molar-refractivity contribution < 1.29 is 14.3 Å². The van der Waals surface area contributed by atoms with Crippen molar-refractivity contribution in [1.29, 1.82) is 0 Å². The number of anilines is 1. The van der Waals surface area contributed by atoms with Crippen LogP contribution in [0, 0.1) is 0 Å². The molecule has 1 N–H and O–H groups in total. The maximum atomic E-state index is 12.3. The molecule has 0 atom stereocenters. The second kappa shape index (κ2) is 8.48. The molecule has 4 aromatic rings. The fraction of sp³-hybridized carbons (Fsp3) is 0.0800. The van der Waals surface area contributed by atoms with Crippen LogP contribution in [0.4, 0.5) is 5.69 Å². The number of fused-ring (bicyclic) bond motifs is 1. The summed E-state index contributed by atoms with van der Waals surface area (Å²) in [5.41, 5.74) is 1.66. The Kier molecular flexibility index (Phi) is 5.43. The number of benzene rings is 4. The summed E-state index contributed by atoms with van der Waals surface area (Å²) in [6, 6.07) is 29.0. The molecule has 0 aliphatic heterocycles. The summed E-state index contributed by atoms with van der Waals surface area (Å²) in [6.07, 6.45) is 0.305. The molecule has 0 saturated heterocycles. The van der Waals surface area contributed by atoms with Gasteiger partial charge in [0.05, 0.1) is 13.5 Å². The zero-order chi connectivity index (χ0) is 20.1. The van der Waals surface area contributed by atoms with E-state index in [4.69, 9.17) is 9.47 Å². The Morgan fingerprint density at radius 1 is 0.759 bits per heavy atom. The molecule has 0 saturated carbocycles. The average Bonchev–Trinajstić information content (AvgIpc) is 2.75. The van der Waals surface area contributed by atoms with Crippen molar-refractivity contribution in [3.8, 4) is 17.2 Å². The molecule has 4 nitrogen and oxygen atoms in total. The van der Waals surface area contributed by atoms with Crippen LogP contribution in [-0.4, -0.2) is 13.0 Å². The molecule has 1 amide bonds. The van der Waals surface area contributed by atoms with Gasteiger partial charge in [-0.2, -0.15) is 0 Å². The minimum Gasteiger partial charge on any atom is -0.497 e. The Hall–Kier alpha value is -3.79. The van der Waals surface area contributed by atoms with Gasteiger partial charge in [-0.25, -0.2) is 0 Å². The zero-order valence-corrected chi connectivity index (χ0v) is 16.1. The predicted octanol–water partition coefficient (Wildman–Crippen LogP) is 5.82. The molecule has 0 heterocycles. The Balaban J connectivity index is 1.37. The number of carbonyl (C=O) groups is 1. The third kappa shape index (κ3) is 4.74. The van der Waals surface area contributed by atoms with E-state index in [1.54, 1.807) is 7.11 Å². The van der Waals surface area contributed by atoms with Crippen LogP contribution in [0.5, 0.6) is 17.2 Å². The van der Waals surface area contributed by atoms with Gasteiger partial charge in [0.1, 0.15) is 17.2 Å². The smallest absolute Gasteiger partial charge is 0.228 e. The third-order valence-electron chi connectivity index (χ3n) is 4.62. The number of carbonyl (C=O) groups excluding carboxylic acids is 1. The van der Waals surface area contributed by atoms with Gasteiger partial charge in [-0.3, -0.25) is 4.79 Å². The zero-order valence-electron chi connectivity index (χ0n) is 16.1. The first kappa shape index (κ1) is 18.6. The number of hydrogen-bond donors (Lipinski definition) is 1. The molecule has 0 aliphatic carbocycles. The third-order valence-corrected chi connectivity index (χ3v) is 4.62. The second-order valence-electron chi connectivity index (χ2n) is 6.71. The van der Waals surface area contributed by atoms with Crippen LogP contribution in [0.1, 0.15) is 5.56 Å². The molecule has 144 valence electrons. The quantitative estimate of drug-likeness (QED) is 0.456. The summed E-state index contributed by atoms with van der Waals surface area (Å²) in [7, 11) is 1.62. The summed E-state index contributed by atoms with van der Waals surface area (Å²) in [4.78, 5) is 12.3. The van der Waals surface area contributed by atoms with Crippen molar-refractivity contribution in [3.05, 3.63) is 96.6 Å². The lowest BCUT2D eigenvalue weighted by atomic mass is 10.1. The normalized spacial score (nSPS) is 10.5. The van der Waals surface area contributed by atoms with E-state index in [1.165, 1.54) is 5.39 Å². The molecular formula is C25H21NO3. The van der Waals surface area contributed by atoms with E-state index >= 15 is 0 Å². The Labute approximate surface area is 169 Å². The summed E-state index contributed by atoms with van der Waals surface area (Å²) in [6.45, 7) is 0. The SMILES string of the molecule is COc1ccc(CC(=O)Nc2ccc(Oc3ccc4ccccc4c3)cc2)cc1. The fourth-order valence-corrected chi connectivity index (χ4v) is 3.11. The largest absolute Gasteiger partial charge is 0.497 e. The van der Waals surface area contributed by atoms with E-state index in [1.807, 2.05) is 78.9 Å². The Morgan fingerprint density at radius 3 is 2.14 bits per heavy atom. The lowest BCUT2D eigenvalue weighted by Crippen LogP contribution is -2.14. The first-order valence-corrected chi connectivity index (χ1v) is 9.39. The lowest BCUT2D eigenvalue weighted by Gasteiger charge is -2.09. The van der Waals surface area contributed by atoms with Crippen LogP contribution < -0.4 is 14.8 Å². The fourth-order valence-electron chi connectivity index (χ4n) is 3.11. The number of hydrogen-bond acceptors (Lipinski definition) is 3. The van der Waals surface area contributed by atoms with Crippen molar-refractivity contribution in [1.82, 2.24) is 0 Å². The summed E-state index contributed by atoms with van der Waals surface area (Å²) in [5.74, 6) is 2.20. The number of nitrogens with one attached hydrogen (secondary N) is 1. The highest BCUT2D eigenvalue weighted by Crippen LogP contribution is 2.26. The first-order chi connectivity index (χ1) is 14.2. The van der Waals surface area contributed by atoms with Crippen LogP contribution in [0.2, 0.25) is 0 Å². The van der Waals surface area contributed by atoms with Gasteiger partial charge in [0.2, 0.25) is 5.91 Å². The van der Waals surface area contributed by atoms with Crippen LogP contribution in [0.3, 0.4) is 0 Å². The van der Waals surface area contributed by atoms with Gasteiger partial charge in [-0.1, -0.05) is 42.5 Å². The lowest BCUT2D eigenvalue weighted by molar-refractivity contribution is -0.115. The molecule has 0 unspecified atom stereocenters. The van der Waals surface area contributed by atoms with Gasteiger partial charge in [0.15, 0.2) is 0 Å². The van der Waals surface area contributed by atoms with Crippen molar-refractivity contribution in [3.63, 3.8) is 0 Å². The molecule has 0 aromatic heterocycles. The highest BCUT2D eigenvalue weighted by Gasteiger charge is 2.06. The average molecular weight is 383 g/mol. The van der Waals surface area contributed by atoms with E-state index in [0.717, 1.165) is 28.1 Å². The molecule has 0 bridgehead atoms. The monoisotopic (exact) mass is 383 g/mol. The van der Waals surface area contributed by atoms with E-state index in [0.29, 0.717) is 12.2 Å². The van der Waals surface area contributed by atoms with E-state index in [2.05, 4.69) is 17.4 Å². The maximum Gasteiger partial charge on any atom is 0.228 e. The molecule has 0 fully saturated rings. The van der Waals surface area contributed by atoms with Crippen LogP contribution in [0.15, 0.2) is 91.0 Å². The van der Waals surface area contributed by atoms with Gasteiger partial charge in [0.25, 0.3) is 0 Å². The van der Waals surface area contributed by atoms with Gasteiger partial charge < -0.3 is 14.8 Å². The van der Waals surface area contributed by atoms with Gasteiger partial charge in [-0.15, -0.1) is 0 Å². The maximum absolute atomic E-state index is 12.3. The molecule has 0 spiro atoms. The van der Waals surface area contributed by atoms with E-state index < -0.39 is 0 Å². The molecule has 4 rings (SSSR count). The van der Waals surface area contributed by atoms with Gasteiger partial charge >= 0.3 is 0 Å². The van der Waals surface area contributed by atoms with E-state index in [9.17, 15) is 4.79 Å². The van der Waals surface area contributed by atoms with Crippen molar-refractivity contribution in [2.75, 3.05) is 12.4 Å². The number of amides is 1. The highest BCUT2D eigenvalue weighted by molar-refractivity contribution is 5.92. The second-order valence-corrected chi connectivity index (χ2v) is 6.71. The Bertz CT molecular complexity index is 1120. The number of rotatable bonds is 6. The minimum atomic E-state index is -0.0710. The molecule has 29 heavy (non-hydrogen) atoms. The highest BCUT2D eigenvalue weighted by atomic mass is 16.5. The molecule has 4 heteroatoms. The van der Waals surface area contributed by atoms with Crippen molar-refractivity contribution in [2.24, 2.45) is 0 Å². The Morgan fingerprint density at radius 2 is 1.41 bits per heavy atom. The minimum absolute atomic E-state index is 0.0710. The molecule has 0 radical (unpaired) electrons. The van der Waals surface area contributed by atoms with Crippen LogP contribution in [0.25, 0.3) is 10.8 Å². The molecule has 0 aliphatic rings. The topological polar surface area (TPSA) is 47.6 Å². The van der Waals surface area contributed by atoms with Crippen molar-refractivity contribution >= 4 is 22.4 Å². The molecule has 4 aromatic carbocycles.